The highest BCUT2D eigenvalue weighted by Gasteiger charge is 2.09. The van der Waals surface area contributed by atoms with E-state index in [2.05, 4.69) is 26.2 Å². The molecule has 0 aliphatic rings. The highest BCUT2D eigenvalue weighted by atomic mass is 79.9. The second-order valence-electron chi connectivity index (χ2n) is 4.53. The monoisotopic (exact) mass is 346 g/mol. The fraction of sp³-hybridized carbons (Fsp3) is 0.188. The number of nitrogens with zero attached hydrogens (tertiary/aromatic N) is 1. The molecular weight excluding hydrogens is 332 g/mol. The first kappa shape index (κ1) is 15.4. The van der Waals surface area contributed by atoms with Gasteiger partial charge in [-0.2, -0.15) is 0 Å². The van der Waals surface area contributed by atoms with E-state index in [-0.39, 0.29) is 24.5 Å². The second kappa shape index (κ2) is 7.69. The van der Waals surface area contributed by atoms with Crippen molar-refractivity contribution in [3.8, 4) is 0 Å². The average Bonchev–Trinajstić information content (AvgIpc) is 2.52. The molecule has 0 aliphatic heterocycles. The Morgan fingerprint density at radius 3 is 2.48 bits per heavy atom. The third-order valence-corrected chi connectivity index (χ3v) is 3.47. The van der Waals surface area contributed by atoms with Gasteiger partial charge >= 0.3 is 0 Å². The van der Waals surface area contributed by atoms with Crippen molar-refractivity contribution in [1.29, 1.82) is 0 Å². The number of pyridine rings is 1. The summed E-state index contributed by atoms with van der Waals surface area (Å²) in [7, 11) is 0. The number of rotatable bonds is 6. The second-order valence-corrected chi connectivity index (χ2v) is 5.44. The summed E-state index contributed by atoms with van der Waals surface area (Å²) in [6.45, 7) is 0.381. The topological polar surface area (TPSA) is 59.1 Å². The minimum absolute atomic E-state index is 0.0320. The maximum atomic E-state index is 11.9. The van der Waals surface area contributed by atoms with Gasteiger partial charge in [-0.05, 0) is 24.3 Å². The number of Topliss-reactive ketones (excluding diaryl/α,β-unsaturated/α-hetero) is 1. The number of hydrogen-bond acceptors (Lipinski definition) is 3. The lowest BCUT2D eigenvalue weighted by atomic mass is 10.1. The lowest BCUT2D eigenvalue weighted by Gasteiger charge is -2.04. The summed E-state index contributed by atoms with van der Waals surface area (Å²) >= 11 is 3.32. The van der Waals surface area contributed by atoms with Crippen LogP contribution in [-0.2, 0) is 11.3 Å². The van der Waals surface area contributed by atoms with Gasteiger partial charge in [-0.15, -0.1) is 0 Å². The minimum Gasteiger partial charge on any atom is -0.350 e. The summed E-state index contributed by atoms with van der Waals surface area (Å²) < 4.78 is 0.923. The van der Waals surface area contributed by atoms with Crippen molar-refractivity contribution in [3.63, 3.8) is 0 Å². The Labute approximate surface area is 131 Å². The lowest BCUT2D eigenvalue weighted by Crippen LogP contribution is -2.23. The number of benzene rings is 1. The number of ketones is 1. The van der Waals surface area contributed by atoms with Crippen LogP contribution in [0.3, 0.4) is 0 Å². The Hall–Kier alpha value is -2.01. The first-order chi connectivity index (χ1) is 10.1. The highest BCUT2D eigenvalue weighted by molar-refractivity contribution is 9.10. The predicted molar refractivity (Wildman–Crippen MR) is 83.8 cm³/mol. The molecule has 1 heterocycles. The summed E-state index contributed by atoms with van der Waals surface area (Å²) in [4.78, 5) is 27.8. The van der Waals surface area contributed by atoms with Crippen molar-refractivity contribution >= 4 is 27.6 Å². The fourth-order valence-electron chi connectivity index (χ4n) is 1.79. The number of carbonyl (C=O) groups is 2. The van der Waals surface area contributed by atoms with E-state index in [0.717, 1.165) is 10.2 Å². The van der Waals surface area contributed by atoms with E-state index >= 15 is 0 Å². The molecule has 108 valence electrons. The van der Waals surface area contributed by atoms with Crippen molar-refractivity contribution in [2.24, 2.45) is 0 Å². The van der Waals surface area contributed by atoms with Crippen molar-refractivity contribution in [3.05, 3.63) is 64.4 Å². The van der Waals surface area contributed by atoms with Crippen LogP contribution in [0.5, 0.6) is 0 Å². The molecule has 0 saturated carbocycles. The van der Waals surface area contributed by atoms with E-state index in [1.165, 1.54) is 0 Å². The van der Waals surface area contributed by atoms with Crippen LogP contribution in [0.4, 0.5) is 0 Å². The van der Waals surface area contributed by atoms with Crippen LogP contribution in [-0.4, -0.2) is 16.7 Å². The molecule has 5 heteroatoms. The molecule has 0 saturated heterocycles. The van der Waals surface area contributed by atoms with E-state index in [0.29, 0.717) is 12.1 Å². The summed E-state index contributed by atoms with van der Waals surface area (Å²) in [6, 6.07) is 12.7. The predicted octanol–water partition coefficient (Wildman–Crippen LogP) is 3.12. The third kappa shape index (κ3) is 5.11. The summed E-state index contributed by atoms with van der Waals surface area (Å²) in [5.74, 6) is -0.179. The van der Waals surface area contributed by atoms with Gasteiger partial charge in [0.25, 0.3) is 0 Å². The third-order valence-electron chi connectivity index (χ3n) is 2.94. The number of halogens is 1. The first-order valence-electron chi connectivity index (χ1n) is 6.60. The maximum absolute atomic E-state index is 11.9. The highest BCUT2D eigenvalue weighted by Crippen LogP contribution is 2.12. The number of hydrogen-bond donors (Lipinski definition) is 1. The molecule has 1 aromatic carbocycles. The molecule has 0 aliphatic carbocycles. The molecule has 4 nitrogen and oxygen atoms in total. The number of carbonyl (C=O) groups excluding carboxylic acids is 2. The molecule has 21 heavy (non-hydrogen) atoms. The molecular formula is C16H15BrN2O2. The molecule has 0 unspecified atom stereocenters. The van der Waals surface area contributed by atoms with Crippen LogP contribution in [0, 0.1) is 0 Å². The average molecular weight is 347 g/mol. The van der Waals surface area contributed by atoms with Gasteiger partial charge in [0, 0.05) is 29.1 Å². The van der Waals surface area contributed by atoms with E-state index in [1.807, 2.05) is 30.3 Å². The van der Waals surface area contributed by atoms with Gasteiger partial charge in [-0.25, -0.2) is 0 Å². The smallest absolute Gasteiger partial charge is 0.220 e. The van der Waals surface area contributed by atoms with E-state index in [4.69, 9.17) is 0 Å². The van der Waals surface area contributed by atoms with Crippen molar-refractivity contribution in [2.45, 2.75) is 19.4 Å². The Morgan fingerprint density at radius 2 is 1.81 bits per heavy atom. The summed E-state index contributed by atoms with van der Waals surface area (Å²) in [5.41, 5.74) is 1.42. The van der Waals surface area contributed by atoms with Gasteiger partial charge < -0.3 is 5.32 Å². The zero-order valence-corrected chi connectivity index (χ0v) is 13.0. The molecule has 0 spiro atoms. The van der Waals surface area contributed by atoms with Gasteiger partial charge in [0.15, 0.2) is 5.78 Å². The Kier molecular flexibility index (Phi) is 5.63. The van der Waals surface area contributed by atoms with Crippen molar-refractivity contribution in [1.82, 2.24) is 10.3 Å². The largest absolute Gasteiger partial charge is 0.350 e. The molecule has 0 atom stereocenters. The SMILES string of the molecule is O=C(CCC(=O)c1ccc(Br)cc1)NCc1ccccn1. The Balaban J connectivity index is 1.76. The van der Waals surface area contributed by atoms with E-state index < -0.39 is 0 Å². The zero-order valence-electron chi connectivity index (χ0n) is 11.4. The lowest BCUT2D eigenvalue weighted by molar-refractivity contribution is -0.121. The van der Waals surface area contributed by atoms with Crippen LogP contribution < -0.4 is 5.32 Å². The molecule has 1 amide bonds. The fourth-order valence-corrected chi connectivity index (χ4v) is 2.05. The number of amides is 1. The summed E-state index contributed by atoms with van der Waals surface area (Å²) in [6.07, 6.45) is 2.07. The van der Waals surface area contributed by atoms with Crippen LogP contribution in [0.25, 0.3) is 0 Å². The molecule has 1 aromatic heterocycles. The van der Waals surface area contributed by atoms with E-state index in [1.54, 1.807) is 18.3 Å². The van der Waals surface area contributed by atoms with E-state index in [9.17, 15) is 9.59 Å². The zero-order chi connectivity index (χ0) is 15.1. The Bertz CT molecular complexity index is 612. The van der Waals surface area contributed by atoms with Gasteiger partial charge in [0.2, 0.25) is 5.91 Å². The normalized spacial score (nSPS) is 10.1. The maximum Gasteiger partial charge on any atom is 0.220 e. The minimum atomic E-state index is -0.147. The van der Waals surface area contributed by atoms with Crippen LogP contribution >= 0.6 is 15.9 Å². The van der Waals surface area contributed by atoms with Gasteiger partial charge in [0.05, 0.1) is 12.2 Å². The number of aromatic nitrogens is 1. The van der Waals surface area contributed by atoms with Gasteiger partial charge in [0.1, 0.15) is 0 Å². The standard InChI is InChI=1S/C16H15BrN2O2/c17-13-6-4-12(5-7-13)15(20)8-9-16(21)19-11-14-3-1-2-10-18-14/h1-7,10H,8-9,11H2,(H,19,21). The quantitative estimate of drug-likeness (QED) is 0.817. The van der Waals surface area contributed by atoms with Crippen molar-refractivity contribution in [2.75, 3.05) is 0 Å². The molecule has 1 N–H and O–H groups in total. The van der Waals surface area contributed by atoms with Crippen LogP contribution in [0.15, 0.2) is 53.1 Å². The first-order valence-corrected chi connectivity index (χ1v) is 7.40. The molecule has 0 bridgehead atoms. The van der Waals surface area contributed by atoms with Crippen molar-refractivity contribution < 1.29 is 9.59 Å². The van der Waals surface area contributed by atoms with Crippen LogP contribution in [0.2, 0.25) is 0 Å². The molecule has 0 fully saturated rings. The molecule has 2 rings (SSSR count). The van der Waals surface area contributed by atoms with Crippen LogP contribution in [0.1, 0.15) is 28.9 Å². The molecule has 0 radical (unpaired) electrons. The van der Waals surface area contributed by atoms with Gasteiger partial charge in [-0.1, -0.05) is 34.1 Å². The Morgan fingerprint density at radius 1 is 1.05 bits per heavy atom. The molecule has 2 aromatic rings. The summed E-state index contributed by atoms with van der Waals surface area (Å²) in [5, 5.41) is 2.75. The van der Waals surface area contributed by atoms with Gasteiger partial charge in [-0.3, -0.25) is 14.6 Å². The number of nitrogens with one attached hydrogen (secondary N) is 1.